The molecule has 2 heterocycles. The van der Waals surface area contributed by atoms with E-state index in [-0.39, 0.29) is 23.4 Å². The summed E-state index contributed by atoms with van der Waals surface area (Å²) in [6.45, 7) is 13.4. The minimum absolute atomic E-state index is 0.00192. The van der Waals surface area contributed by atoms with Crippen LogP contribution in [0.15, 0.2) is 43.0 Å². The van der Waals surface area contributed by atoms with Crippen molar-refractivity contribution in [1.29, 1.82) is 0 Å². The first-order valence-electron chi connectivity index (χ1n) is 10.7. The SMILES string of the molecule is CC(C)(C)[Si](C)(C)O[C@H]1CN(C(=O)OCc2ccc([N+](=O)[O-])cc2)[C@](C)(n2ccnc2)C1. The van der Waals surface area contributed by atoms with Gasteiger partial charge in [0.1, 0.15) is 12.3 Å². The monoisotopic (exact) mass is 460 g/mol. The van der Waals surface area contributed by atoms with E-state index < -0.39 is 25.0 Å². The van der Waals surface area contributed by atoms with Gasteiger partial charge in [-0.25, -0.2) is 9.78 Å². The van der Waals surface area contributed by atoms with Gasteiger partial charge in [-0.2, -0.15) is 0 Å². The molecule has 1 saturated heterocycles. The van der Waals surface area contributed by atoms with Crippen molar-refractivity contribution in [1.82, 2.24) is 14.5 Å². The van der Waals surface area contributed by atoms with Gasteiger partial charge in [0.15, 0.2) is 8.32 Å². The fourth-order valence-corrected chi connectivity index (χ4v) is 5.02. The number of imidazole rings is 1. The van der Waals surface area contributed by atoms with Gasteiger partial charge in [-0.15, -0.1) is 0 Å². The summed E-state index contributed by atoms with van der Waals surface area (Å²) in [6.07, 6.45) is 5.28. The van der Waals surface area contributed by atoms with E-state index in [2.05, 4.69) is 38.8 Å². The predicted octanol–water partition coefficient (Wildman–Crippen LogP) is 4.90. The van der Waals surface area contributed by atoms with Crippen LogP contribution in [-0.4, -0.2) is 46.4 Å². The molecule has 9 nitrogen and oxygen atoms in total. The van der Waals surface area contributed by atoms with E-state index >= 15 is 0 Å². The number of amides is 1. The number of carbonyl (C=O) groups excluding carboxylic acids is 1. The third-order valence-corrected chi connectivity index (χ3v) is 11.2. The molecule has 1 amide bonds. The van der Waals surface area contributed by atoms with Crippen LogP contribution in [0.5, 0.6) is 0 Å². The van der Waals surface area contributed by atoms with E-state index in [1.807, 2.05) is 17.7 Å². The van der Waals surface area contributed by atoms with Crippen LogP contribution >= 0.6 is 0 Å². The lowest BCUT2D eigenvalue weighted by Crippen LogP contribution is -2.47. The lowest BCUT2D eigenvalue weighted by molar-refractivity contribution is -0.384. The summed E-state index contributed by atoms with van der Waals surface area (Å²) < 4.78 is 14.1. The van der Waals surface area contributed by atoms with E-state index in [9.17, 15) is 14.9 Å². The predicted molar refractivity (Wildman–Crippen MR) is 123 cm³/mol. The Morgan fingerprint density at radius 1 is 1.31 bits per heavy atom. The minimum Gasteiger partial charge on any atom is -0.444 e. The Bertz CT molecular complexity index is 956. The highest BCUT2D eigenvalue weighted by Crippen LogP contribution is 2.42. The normalized spacial score (nSPS) is 21.6. The first kappa shape index (κ1) is 23.9. The fraction of sp³-hybridized carbons (Fsp3) is 0.545. The van der Waals surface area contributed by atoms with Crippen molar-refractivity contribution in [3.63, 3.8) is 0 Å². The number of aromatic nitrogens is 2. The lowest BCUT2D eigenvalue weighted by Gasteiger charge is -2.38. The van der Waals surface area contributed by atoms with E-state index in [1.54, 1.807) is 29.6 Å². The number of hydrogen-bond donors (Lipinski definition) is 0. The van der Waals surface area contributed by atoms with Crippen LogP contribution in [-0.2, 0) is 21.4 Å². The van der Waals surface area contributed by atoms with E-state index in [1.165, 1.54) is 12.1 Å². The highest BCUT2D eigenvalue weighted by Gasteiger charge is 2.50. The van der Waals surface area contributed by atoms with Gasteiger partial charge in [0.2, 0.25) is 0 Å². The Morgan fingerprint density at radius 3 is 2.50 bits per heavy atom. The minimum atomic E-state index is -2.03. The van der Waals surface area contributed by atoms with Crippen molar-refractivity contribution in [3.05, 3.63) is 58.7 Å². The molecule has 2 atom stereocenters. The molecule has 174 valence electrons. The number of hydrogen-bond acceptors (Lipinski definition) is 6. The summed E-state index contributed by atoms with van der Waals surface area (Å²) in [7, 11) is -2.03. The molecule has 1 aromatic carbocycles. The van der Waals surface area contributed by atoms with Gasteiger partial charge < -0.3 is 13.7 Å². The summed E-state index contributed by atoms with van der Waals surface area (Å²) in [5.41, 5.74) is 0.00952. The van der Waals surface area contributed by atoms with Crippen LogP contribution in [0.25, 0.3) is 0 Å². The summed E-state index contributed by atoms with van der Waals surface area (Å²) in [5, 5.41) is 10.9. The molecule has 0 spiro atoms. The van der Waals surface area contributed by atoms with Crippen LogP contribution < -0.4 is 0 Å². The van der Waals surface area contributed by atoms with Crippen molar-refractivity contribution in [2.75, 3.05) is 6.54 Å². The zero-order chi connectivity index (χ0) is 23.7. The first-order valence-corrected chi connectivity index (χ1v) is 13.6. The van der Waals surface area contributed by atoms with Crippen molar-refractivity contribution in [3.8, 4) is 0 Å². The number of likely N-dealkylation sites (tertiary alicyclic amines) is 1. The second-order valence-corrected chi connectivity index (χ2v) is 14.7. The average molecular weight is 461 g/mol. The standard InChI is InChI=1S/C22H32N4O5Si/c1-21(2,3)32(5,6)31-19-13-22(4,24-12-11-23-16-24)25(14-19)20(27)30-15-17-7-9-18(10-8-17)26(28)29/h7-12,16,19H,13-15H2,1-6H3/t19-,22+/m1/s1. The molecule has 1 aromatic heterocycles. The number of benzene rings is 1. The quantitative estimate of drug-likeness (QED) is 0.345. The third kappa shape index (κ3) is 4.86. The Morgan fingerprint density at radius 2 is 1.97 bits per heavy atom. The Hall–Kier alpha value is -2.72. The van der Waals surface area contributed by atoms with Crippen LogP contribution in [0.2, 0.25) is 18.1 Å². The van der Waals surface area contributed by atoms with Crippen LogP contribution in [0.1, 0.15) is 39.7 Å². The summed E-state index contributed by atoms with van der Waals surface area (Å²) in [6, 6.07) is 5.98. The van der Waals surface area contributed by atoms with Crippen LogP contribution in [0.3, 0.4) is 0 Å². The van der Waals surface area contributed by atoms with Gasteiger partial charge in [0.25, 0.3) is 5.69 Å². The number of non-ortho nitro benzene ring substituents is 1. The molecular formula is C22H32N4O5Si. The number of nitro benzene ring substituents is 1. The molecule has 0 aliphatic carbocycles. The number of nitro groups is 1. The maximum absolute atomic E-state index is 13.1. The summed E-state index contributed by atoms with van der Waals surface area (Å²) >= 11 is 0. The van der Waals surface area contributed by atoms with E-state index in [4.69, 9.17) is 9.16 Å². The summed E-state index contributed by atoms with van der Waals surface area (Å²) in [4.78, 5) is 29.3. The zero-order valence-corrected chi connectivity index (χ0v) is 20.6. The summed E-state index contributed by atoms with van der Waals surface area (Å²) in [5.74, 6) is 0. The molecule has 32 heavy (non-hydrogen) atoms. The van der Waals surface area contributed by atoms with Crippen molar-refractivity contribution in [2.24, 2.45) is 0 Å². The van der Waals surface area contributed by atoms with Crippen LogP contribution in [0.4, 0.5) is 10.5 Å². The number of carbonyl (C=O) groups is 1. The maximum Gasteiger partial charge on any atom is 0.412 e. The molecule has 1 aliphatic rings. The third-order valence-electron chi connectivity index (χ3n) is 6.64. The molecule has 2 aromatic rings. The zero-order valence-electron chi connectivity index (χ0n) is 19.6. The fourth-order valence-electron chi connectivity index (χ4n) is 3.68. The Kier molecular flexibility index (Phi) is 6.48. The maximum atomic E-state index is 13.1. The molecule has 0 N–H and O–H groups in total. The molecule has 0 unspecified atom stereocenters. The molecule has 0 radical (unpaired) electrons. The molecule has 1 aliphatic heterocycles. The van der Waals surface area contributed by atoms with Gasteiger partial charge in [0.05, 0.1) is 23.9 Å². The number of nitrogens with zero attached hydrogens (tertiary/aromatic N) is 4. The van der Waals surface area contributed by atoms with Gasteiger partial charge in [0, 0.05) is 30.9 Å². The first-order chi connectivity index (χ1) is 14.8. The molecule has 3 rings (SSSR count). The number of rotatable bonds is 6. The smallest absolute Gasteiger partial charge is 0.412 e. The number of ether oxygens (including phenoxy) is 1. The second kappa shape index (κ2) is 8.66. The van der Waals surface area contributed by atoms with E-state index in [0.717, 1.165) is 0 Å². The molecular weight excluding hydrogens is 428 g/mol. The second-order valence-electron chi connectivity index (χ2n) is 9.98. The van der Waals surface area contributed by atoms with Gasteiger partial charge in [-0.3, -0.25) is 15.0 Å². The average Bonchev–Trinajstić information content (AvgIpc) is 3.34. The Labute approximate surface area is 189 Å². The van der Waals surface area contributed by atoms with Crippen molar-refractivity contribution < 1.29 is 18.9 Å². The van der Waals surface area contributed by atoms with Crippen molar-refractivity contribution in [2.45, 2.75) is 70.6 Å². The molecule has 1 fully saturated rings. The highest BCUT2D eigenvalue weighted by molar-refractivity contribution is 6.74. The Balaban J connectivity index is 1.75. The molecule has 0 saturated carbocycles. The highest BCUT2D eigenvalue weighted by atomic mass is 28.4. The largest absolute Gasteiger partial charge is 0.444 e. The molecule has 0 bridgehead atoms. The van der Waals surface area contributed by atoms with Gasteiger partial charge in [-0.1, -0.05) is 20.8 Å². The van der Waals surface area contributed by atoms with Crippen molar-refractivity contribution >= 4 is 20.1 Å². The van der Waals surface area contributed by atoms with Gasteiger partial charge >= 0.3 is 6.09 Å². The van der Waals surface area contributed by atoms with E-state index in [0.29, 0.717) is 18.5 Å². The topological polar surface area (TPSA) is 99.7 Å². The van der Waals surface area contributed by atoms with Crippen LogP contribution in [0, 0.1) is 10.1 Å². The lowest BCUT2D eigenvalue weighted by atomic mass is 10.1. The van der Waals surface area contributed by atoms with Gasteiger partial charge in [-0.05, 0) is 42.8 Å². The molecule has 10 heteroatoms.